The molecule has 1 amide bonds. The van der Waals surface area contributed by atoms with Crippen LogP contribution in [0.25, 0.3) is 11.0 Å². The Morgan fingerprint density at radius 3 is 2.41 bits per heavy atom. The maximum atomic E-state index is 12.6. The molecular formula is C20H21N3O4. The lowest BCUT2D eigenvalue weighted by Gasteiger charge is -2.25. The number of amides is 1. The van der Waals surface area contributed by atoms with E-state index in [9.17, 15) is 14.4 Å². The summed E-state index contributed by atoms with van der Waals surface area (Å²) in [4.78, 5) is 41.5. The quantitative estimate of drug-likeness (QED) is 0.603. The molecule has 0 unspecified atom stereocenters. The number of carbonyl (C=O) groups excluding carboxylic acids is 2. The predicted octanol–water partition coefficient (Wildman–Crippen LogP) is 2.70. The summed E-state index contributed by atoms with van der Waals surface area (Å²) < 4.78 is 5.38. The summed E-state index contributed by atoms with van der Waals surface area (Å²) >= 11 is 0. The van der Waals surface area contributed by atoms with Crippen LogP contribution in [0.4, 0.5) is 5.69 Å². The minimum atomic E-state index is -0.971. The lowest BCUT2D eigenvalue weighted by Crippen LogP contribution is -2.37. The van der Waals surface area contributed by atoms with Gasteiger partial charge >= 0.3 is 11.7 Å². The van der Waals surface area contributed by atoms with Gasteiger partial charge in [-0.1, -0.05) is 30.3 Å². The van der Waals surface area contributed by atoms with E-state index in [-0.39, 0.29) is 5.69 Å². The van der Waals surface area contributed by atoms with Gasteiger partial charge in [-0.3, -0.25) is 9.59 Å². The molecule has 0 aliphatic heterocycles. The Kier molecular flexibility index (Phi) is 4.85. The maximum absolute atomic E-state index is 12.6. The van der Waals surface area contributed by atoms with E-state index in [1.807, 2.05) is 30.3 Å². The smallest absolute Gasteiger partial charge is 0.323 e. The lowest BCUT2D eigenvalue weighted by atomic mass is 9.85. The van der Waals surface area contributed by atoms with Crippen molar-refractivity contribution in [3.63, 3.8) is 0 Å². The van der Waals surface area contributed by atoms with Crippen molar-refractivity contribution in [3.05, 3.63) is 64.6 Å². The Morgan fingerprint density at radius 1 is 1.04 bits per heavy atom. The molecule has 2 aromatic carbocycles. The van der Waals surface area contributed by atoms with E-state index < -0.39 is 23.4 Å². The summed E-state index contributed by atoms with van der Waals surface area (Å²) in [5.74, 6) is -0.939. The van der Waals surface area contributed by atoms with Crippen molar-refractivity contribution in [2.45, 2.75) is 32.3 Å². The third-order valence-corrected chi connectivity index (χ3v) is 4.44. The average molecular weight is 367 g/mol. The monoisotopic (exact) mass is 367 g/mol. The first-order valence-electron chi connectivity index (χ1n) is 8.57. The van der Waals surface area contributed by atoms with E-state index in [1.54, 1.807) is 32.0 Å². The number of fused-ring (bicyclic) bond motifs is 1. The van der Waals surface area contributed by atoms with Crippen LogP contribution >= 0.6 is 0 Å². The molecule has 0 saturated carbocycles. The van der Waals surface area contributed by atoms with Gasteiger partial charge in [0.2, 0.25) is 0 Å². The fraction of sp³-hybridized carbons (Fsp3) is 0.250. The molecule has 1 aromatic heterocycles. The number of imidazole rings is 1. The molecule has 0 fully saturated rings. The molecular weight excluding hydrogens is 346 g/mol. The molecule has 3 N–H and O–H groups in total. The number of nitrogens with one attached hydrogen (secondary N) is 3. The molecule has 3 aromatic rings. The zero-order valence-electron chi connectivity index (χ0n) is 15.3. The van der Waals surface area contributed by atoms with Gasteiger partial charge in [-0.05, 0) is 44.5 Å². The molecule has 0 radical (unpaired) electrons. The van der Waals surface area contributed by atoms with E-state index in [2.05, 4.69) is 15.3 Å². The Bertz CT molecular complexity index is 1030. The van der Waals surface area contributed by atoms with E-state index in [1.165, 1.54) is 6.92 Å². The van der Waals surface area contributed by atoms with E-state index in [0.717, 1.165) is 5.56 Å². The molecule has 27 heavy (non-hydrogen) atoms. The molecule has 3 rings (SSSR count). The molecule has 1 atom stereocenters. The second kappa shape index (κ2) is 7.11. The summed E-state index contributed by atoms with van der Waals surface area (Å²) in [7, 11) is 0. The fourth-order valence-corrected chi connectivity index (χ4v) is 2.69. The molecule has 0 aliphatic carbocycles. The van der Waals surface area contributed by atoms with Gasteiger partial charge in [0.25, 0.3) is 5.91 Å². The Balaban J connectivity index is 1.67. The van der Waals surface area contributed by atoms with Crippen LogP contribution < -0.4 is 11.0 Å². The van der Waals surface area contributed by atoms with Gasteiger partial charge in [0.1, 0.15) is 0 Å². The molecule has 140 valence electrons. The summed E-state index contributed by atoms with van der Waals surface area (Å²) in [5, 5.41) is 2.69. The number of ether oxygens (including phenoxy) is 1. The normalized spacial score (nSPS) is 12.6. The first-order chi connectivity index (χ1) is 12.8. The number of esters is 1. The third-order valence-electron chi connectivity index (χ3n) is 4.44. The van der Waals surface area contributed by atoms with Gasteiger partial charge in [0.15, 0.2) is 6.10 Å². The van der Waals surface area contributed by atoms with Crippen LogP contribution in [0.15, 0.2) is 53.3 Å². The lowest BCUT2D eigenvalue weighted by molar-refractivity contribution is -0.158. The molecule has 0 saturated heterocycles. The molecule has 1 heterocycles. The number of anilines is 1. The highest BCUT2D eigenvalue weighted by atomic mass is 16.5. The Hall–Kier alpha value is -3.35. The Labute approximate surface area is 155 Å². The van der Waals surface area contributed by atoms with Crippen molar-refractivity contribution < 1.29 is 14.3 Å². The highest BCUT2D eigenvalue weighted by molar-refractivity contribution is 5.97. The van der Waals surface area contributed by atoms with Crippen LogP contribution in [0, 0.1) is 0 Å². The van der Waals surface area contributed by atoms with Crippen LogP contribution in [0.1, 0.15) is 26.3 Å². The van der Waals surface area contributed by atoms with Crippen molar-refractivity contribution in [2.75, 3.05) is 5.32 Å². The van der Waals surface area contributed by atoms with Gasteiger partial charge in [-0.2, -0.15) is 0 Å². The van der Waals surface area contributed by atoms with Gasteiger partial charge in [0.05, 0.1) is 16.4 Å². The second-order valence-corrected chi connectivity index (χ2v) is 6.87. The molecule has 0 bridgehead atoms. The number of carbonyl (C=O) groups is 2. The first-order valence-corrected chi connectivity index (χ1v) is 8.57. The summed E-state index contributed by atoms with van der Waals surface area (Å²) in [6, 6.07) is 14.2. The number of hydrogen-bond acceptors (Lipinski definition) is 4. The van der Waals surface area contributed by atoms with E-state index in [0.29, 0.717) is 16.7 Å². The largest absolute Gasteiger partial charge is 0.452 e. The van der Waals surface area contributed by atoms with Gasteiger partial charge in [-0.15, -0.1) is 0 Å². The summed E-state index contributed by atoms with van der Waals surface area (Å²) in [6.45, 7) is 5.03. The number of benzene rings is 2. The van der Waals surface area contributed by atoms with Gasteiger partial charge in [-0.25, -0.2) is 4.79 Å². The summed E-state index contributed by atoms with van der Waals surface area (Å²) in [5.41, 5.74) is 1.32. The van der Waals surface area contributed by atoms with Gasteiger partial charge in [0, 0.05) is 5.69 Å². The number of aromatic amines is 2. The zero-order valence-corrected chi connectivity index (χ0v) is 15.3. The van der Waals surface area contributed by atoms with Crippen molar-refractivity contribution >= 4 is 28.6 Å². The van der Waals surface area contributed by atoms with E-state index in [4.69, 9.17) is 4.74 Å². The average Bonchev–Trinajstić information content (AvgIpc) is 3.01. The van der Waals surface area contributed by atoms with Crippen LogP contribution in [0.5, 0.6) is 0 Å². The molecule has 0 aliphatic rings. The highest BCUT2D eigenvalue weighted by Gasteiger charge is 2.33. The number of H-pyrrole nitrogens is 2. The van der Waals surface area contributed by atoms with E-state index >= 15 is 0 Å². The molecule has 0 spiro atoms. The van der Waals surface area contributed by atoms with Crippen molar-refractivity contribution in [1.29, 1.82) is 0 Å². The predicted molar refractivity (Wildman–Crippen MR) is 103 cm³/mol. The van der Waals surface area contributed by atoms with Crippen molar-refractivity contribution in [1.82, 2.24) is 9.97 Å². The molecule has 7 heteroatoms. The Morgan fingerprint density at radius 2 is 1.70 bits per heavy atom. The van der Waals surface area contributed by atoms with Crippen molar-refractivity contribution in [3.8, 4) is 0 Å². The maximum Gasteiger partial charge on any atom is 0.323 e. The number of rotatable bonds is 5. The second-order valence-electron chi connectivity index (χ2n) is 6.87. The topological polar surface area (TPSA) is 104 Å². The summed E-state index contributed by atoms with van der Waals surface area (Å²) in [6.07, 6.45) is -0.971. The minimum Gasteiger partial charge on any atom is -0.452 e. The van der Waals surface area contributed by atoms with Gasteiger partial charge < -0.3 is 20.0 Å². The van der Waals surface area contributed by atoms with Crippen LogP contribution in [-0.2, 0) is 19.7 Å². The first kappa shape index (κ1) is 18.4. The number of hydrogen-bond donors (Lipinski definition) is 3. The highest BCUT2D eigenvalue weighted by Crippen LogP contribution is 2.25. The van der Waals surface area contributed by atoms with Crippen molar-refractivity contribution in [2.24, 2.45) is 0 Å². The zero-order chi connectivity index (χ0) is 19.6. The SMILES string of the molecule is C[C@@H](OC(=O)C(C)(C)c1ccccc1)C(=O)Nc1ccc2[nH]c(=O)[nH]c2c1. The molecule has 7 nitrogen and oxygen atoms in total. The standard InChI is InChI=1S/C20H21N3O4/c1-12(27-18(25)20(2,3)13-7-5-4-6-8-13)17(24)21-14-9-10-15-16(11-14)23-19(26)22-15/h4-12H,1-3H3,(H,21,24)(H2,22,23,26)/t12-/m1/s1. The third kappa shape index (κ3) is 3.92. The van der Waals surface area contributed by atoms with Crippen LogP contribution in [-0.4, -0.2) is 27.9 Å². The minimum absolute atomic E-state index is 0.320. The fourth-order valence-electron chi connectivity index (χ4n) is 2.69. The van der Waals surface area contributed by atoms with Crippen LogP contribution in [0.3, 0.4) is 0 Å². The number of aromatic nitrogens is 2. The van der Waals surface area contributed by atoms with Crippen LogP contribution in [0.2, 0.25) is 0 Å².